The van der Waals surface area contributed by atoms with E-state index in [9.17, 15) is 14.7 Å². The van der Waals surface area contributed by atoms with Crippen molar-refractivity contribution in [3.8, 4) is 23.0 Å². The first kappa shape index (κ1) is 27.7. The number of allylic oxidation sites excluding steroid dienone is 1. The Labute approximate surface area is 240 Å². The number of ether oxygens (including phenoxy) is 4. The molecular weight excluding hydrogens is 544 g/mol. The number of aromatic nitrogens is 1. The number of carbonyl (C=O) groups excluding carboxylic acids is 2. The SMILES string of the molecule is CCOc1ccc2nc(N3C(=O)C(O)=C(C(=O)/C=C/c4ccccc4)C3c3cc(OC)c(OC)c(OC)c3)sc2c1. The van der Waals surface area contributed by atoms with Crippen LogP contribution in [0.25, 0.3) is 16.3 Å². The van der Waals surface area contributed by atoms with Crippen LogP contribution in [0.1, 0.15) is 24.1 Å². The van der Waals surface area contributed by atoms with E-state index in [2.05, 4.69) is 4.98 Å². The zero-order chi connectivity index (χ0) is 29.1. The number of aliphatic hydroxyl groups excluding tert-OH is 1. The Morgan fingerprint density at radius 2 is 1.73 bits per heavy atom. The van der Waals surface area contributed by atoms with E-state index in [4.69, 9.17) is 18.9 Å². The van der Waals surface area contributed by atoms with Crippen molar-refractivity contribution in [3.63, 3.8) is 0 Å². The molecule has 5 rings (SSSR count). The number of aliphatic hydroxyl groups is 1. The number of carbonyl (C=O) groups is 2. The molecule has 1 N–H and O–H groups in total. The predicted molar refractivity (Wildman–Crippen MR) is 157 cm³/mol. The highest BCUT2D eigenvalue weighted by atomic mass is 32.1. The van der Waals surface area contributed by atoms with Gasteiger partial charge in [0.05, 0.1) is 49.8 Å². The van der Waals surface area contributed by atoms with Crippen LogP contribution in [0.2, 0.25) is 0 Å². The van der Waals surface area contributed by atoms with Crippen molar-refractivity contribution < 1.29 is 33.6 Å². The molecule has 2 heterocycles. The van der Waals surface area contributed by atoms with Crippen molar-refractivity contribution in [3.05, 3.63) is 89.2 Å². The lowest BCUT2D eigenvalue weighted by molar-refractivity contribution is -0.117. The fourth-order valence-electron chi connectivity index (χ4n) is 4.71. The van der Waals surface area contributed by atoms with Crippen LogP contribution in [-0.4, -0.2) is 49.7 Å². The molecule has 41 heavy (non-hydrogen) atoms. The molecule has 0 spiro atoms. The van der Waals surface area contributed by atoms with Gasteiger partial charge in [0.2, 0.25) is 5.75 Å². The molecule has 210 valence electrons. The van der Waals surface area contributed by atoms with Crippen LogP contribution in [0.3, 0.4) is 0 Å². The minimum atomic E-state index is -1.03. The van der Waals surface area contributed by atoms with Gasteiger partial charge in [0, 0.05) is 0 Å². The lowest BCUT2D eigenvalue weighted by Gasteiger charge is -2.25. The standard InChI is InChI=1S/C31H28N2O7S/c1-5-40-20-12-13-21-25(17-20)41-31(32-21)33-27(19-15-23(37-2)29(39-4)24(16-19)38-3)26(28(35)30(33)36)22(34)14-11-18-9-7-6-8-10-18/h6-17,27,35H,5H2,1-4H3/b14-11+. The largest absolute Gasteiger partial charge is 0.503 e. The number of benzene rings is 3. The van der Waals surface area contributed by atoms with Crippen LogP contribution >= 0.6 is 11.3 Å². The maximum Gasteiger partial charge on any atom is 0.296 e. The Balaban J connectivity index is 1.66. The van der Waals surface area contributed by atoms with Gasteiger partial charge >= 0.3 is 0 Å². The van der Waals surface area contributed by atoms with Gasteiger partial charge in [0.15, 0.2) is 28.2 Å². The molecule has 9 nitrogen and oxygen atoms in total. The smallest absolute Gasteiger partial charge is 0.296 e. The second kappa shape index (κ2) is 11.7. The second-order valence-corrected chi connectivity index (χ2v) is 9.97. The highest BCUT2D eigenvalue weighted by Crippen LogP contribution is 2.48. The number of nitrogens with zero attached hydrogens (tertiary/aromatic N) is 2. The number of amides is 1. The molecule has 1 atom stereocenters. The summed E-state index contributed by atoms with van der Waals surface area (Å²) in [6.07, 6.45) is 2.98. The van der Waals surface area contributed by atoms with E-state index in [-0.39, 0.29) is 5.57 Å². The number of ketones is 1. The van der Waals surface area contributed by atoms with Crippen molar-refractivity contribution in [2.45, 2.75) is 13.0 Å². The molecule has 10 heteroatoms. The van der Waals surface area contributed by atoms with Gasteiger partial charge in [-0.25, -0.2) is 4.98 Å². The van der Waals surface area contributed by atoms with Gasteiger partial charge in [0.1, 0.15) is 5.75 Å². The monoisotopic (exact) mass is 572 g/mol. The number of hydrogen-bond donors (Lipinski definition) is 1. The first-order valence-electron chi connectivity index (χ1n) is 12.8. The molecule has 0 radical (unpaired) electrons. The van der Waals surface area contributed by atoms with Crippen molar-refractivity contribution in [1.29, 1.82) is 0 Å². The van der Waals surface area contributed by atoms with Crippen LogP contribution in [0.5, 0.6) is 23.0 Å². The van der Waals surface area contributed by atoms with Crippen LogP contribution < -0.4 is 23.8 Å². The maximum absolute atomic E-state index is 13.7. The predicted octanol–water partition coefficient (Wildman–Crippen LogP) is 5.90. The topological polar surface area (TPSA) is 107 Å². The molecule has 1 aromatic heterocycles. The zero-order valence-electron chi connectivity index (χ0n) is 22.9. The molecule has 1 unspecified atom stereocenters. The summed E-state index contributed by atoms with van der Waals surface area (Å²) in [7, 11) is 4.44. The summed E-state index contributed by atoms with van der Waals surface area (Å²) < 4.78 is 23.0. The molecule has 0 saturated heterocycles. The fourth-order valence-corrected chi connectivity index (χ4v) is 5.73. The molecule has 1 aliphatic heterocycles. The Bertz CT molecular complexity index is 1650. The second-order valence-electron chi connectivity index (χ2n) is 8.97. The number of anilines is 1. The minimum Gasteiger partial charge on any atom is -0.503 e. The summed E-state index contributed by atoms with van der Waals surface area (Å²) in [6, 6.07) is 17.0. The van der Waals surface area contributed by atoms with Crippen LogP contribution in [0.15, 0.2) is 78.1 Å². The molecule has 0 saturated carbocycles. The number of hydrogen-bond acceptors (Lipinski definition) is 9. The van der Waals surface area contributed by atoms with E-state index in [1.807, 2.05) is 43.3 Å². The summed E-state index contributed by atoms with van der Waals surface area (Å²) in [5.74, 6) is -0.239. The van der Waals surface area contributed by atoms with E-state index < -0.39 is 23.5 Å². The van der Waals surface area contributed by atoms with Crippen LogP contribution in [-0.2, 0) is 9.59 Å². The summed E-state index contributed by atoms with van der Waals surface area (Å²) in [5, 5.41) is 11.4. The van der Waals surface area contributed by atoms with Crippen molar-refractivity contribution >= 4 is 44.5 Å². The Morgan fingerprint density at radius 1 is 1.02 bits per heavy atom. The molecule has 4 aromatic rings. The number of methoxy groups -OCH3 is 3. The molecule has 0 fully saturated rings. The first-order valence-corrected chi connectivity index (χ1v) is 13.6. The van der Waals surface area contributed by atoms with Gasteiger partial charge < -0.3 is 24.1 Å². The number of fused-ring (bicyclic) bond motifs is 1. The molecular formula is C31H28N2O7S. The third-order valence-corrected chi connectivity index (χ3v) is 7.59. The molecule has 0 aliphatic carbocycles. The minimum absolute atomic E-state index is 0.0919. The highest BCUT2D eigenvalue weighted by molar-refractivity contribution is 7.22. The van der Waals surface area contributed by atoms with Gasteiger partial charge in [-0.3, -0.25) is 14.5 Å². The average molecular weight is 573 g/mol. The summed E-state index contributed by atoms with van der Waals surface area (Å²) in [6.45, 7) is 2.40. The van der Waals surface area contributed by atoms with Crippen molar-refractivity contribution in [2.75, 3.05) is 32.8 Å². The zero-order valence-corrected chi connectivity index (χ0v) is 23.7. The summed E-state index contributed by atoms with van der Waals surface area (Å²) in [4.78, 5) is 33.3. The van der Waals surface area contributed by atoms with E-state index in [0.717, 1.165) is 10.3 Å². The van der Waals surface area contributed by atoms with Crippen molar-refractivity contribution in [1.82, 2.24) is 4.98 Å². The molecule has 1 aliphatic rings. The van der Waals surface area contributed by atoms with Crippen molar-refractivity contribution in [2.24, 2.45) is 0 Å². The van der Waals surface area contributed by atoms with E-state index >= 15 is 0 Å². The van der Waals surface area contributed by atoms with Gasteiger partial charge in [0.25, 0.3) is 5.91 Å². The van der Waals surface area contributed by atoms with Gasteiger partial charge in [-0.15, -0.1) is 0 Å². The van der Waals surface area contributed by atoms with Gasteiger partial charge in [-0.1, -0.05) is 47.7 Å². The number of thiazole rings is 1. The molecule has 0 bridgehead atoms. The molecule has 3 aromatic carbocycles. The first-order chi connectivity index (χ1) is 19.9. The van der Waals surface area contributed by atoms with Gasteiger partial charge in [-0.05, 0) is 54.5 Å². The molecule has 1 amide bonds. The van der Waals surface area contributed by atoms with E-state index in [1.165, 1.54) is 43.6 Å². The normalized spacial score (nSPS) is 15.2. The number of rotatable bonds is 10. The van der Waals surface area contributed by atoms with E-state index in [0.29, 0.717) is 45.8 Å². The third kappa shape index (κ3) is 5.21. The quantitative estimate of drug-likeness (QED) is 0.234. The lowest BCUT2D eigenvalue weighted by atomic mass is 9.95. The van der Waals surface area contributed by atoms with Crippen LogP contribution in [0.4, 0.5) is 5.13 Å². The summed E-state index contributed by atoms with van der Waals surface area (Å²) >= 11 is 1.25. The maximum atomic E-state index is 13.7. The van der Waals surface area contributed by atoms with Gasteiger partial charge in [-0.2, -0.15) is 0 Å². The van der Waals surface area contributed by atoms with Crippen LogP contribution in [0, 0.1) is 0 Å². The Morgan fingerprint density at radius 3 is 2.37 bits per heavy atom. The van der Waals surface area contributed by atoms with E-state index in [1.54, 1.807) is 30.3 Å². The average Bonchev–Trinajstić information content (AvgIpc) is 3.53. The lowest BCUT2D eigenvalue weighted by Crippen LogP contribution is -2.30. The Hall–Kier alpha value is -4.83. The third-order valence-electron chi connectivity index (χ3n) is 6.57. The fraction of sp³-hybridized carbons (Fsp3) is 0.194. The highest BCUT2D eigenvalue weighted by Gasteiger charge is 2.45. The summed E-state index contributed by atoms with van der Waals surface area (Å²) in [5.41, 5.74) is 1.81. The Kier molecular flexibility index (Phi) is 7.93.